The third-order valence-electron chi connectivity index (χ3n) is 5.61. The van der Waals surface area contributed by atoms with Gasteiger partial charge in [-0.05, 0) is 80.0 Å². The molecule has 2 fully saturated rings. The lowest BCUT2D eigenvalue weighted by Gasteiger charge is -2.36. The van der Waals surface area contributed by atoms with Crippen molar-refractivity contribution in [3.8, 4) is 0 Å². The molecule has 0 radical (unpaired) electrons. The molecule has 2 unspecified atom stereocenters. The van der Waals surface area contributed by atoms with E-state index in [4.69, 9.17) is 0 Å². The highest BCUT2D eigenvalue weighted by atomic mass is 14.9. The molecule has 1 saturated carbocycles. The van der Waals surface area contributed by atoms with Crippen LogP contribution in [0.4, 0.5) is 0 Å². The molecule has 3 rings (SSSR count). The highest BCUT2D eigenvalue weighted by Crippen LogP contribution is 2.44. The second-order valence-corrected chi connectivity index (χ2v) is 8.07. The number of nitrogens with one attached hydrogen (secondary N) is 1. The summed E-state index contributed by atoms with van der Waals surface area (Å²) in [4.78, 5) is 0. The summed E-state index contributed by atoms with van der Waals surface area (Å²) in [6.45, 7) is 7.33. The second-order valence-electron chi connectivity index (χ2n) is 8.07. The van der Waals surface area contributed by atoms with Crippen molar-refractivity contribution in [1.29, 1.82) is 0 Å². The summed E-state index contributed by atoms with van der Waals surface area (Å²) in [7, 11) is 0. The fourth-order valence-electron chi connectivity index (χ4n) is 4.49. The predicted octanol–water partition coefficient (Wildman–Crippen LogP) is 4.91. The Labute approximate surface area is 130 Å². The zero-order valence-electron chi connectivity index (χ0n) is 13.8. The van der Waals surface area contributed by atoms with Gasteiger partial charge in [-0.15, -0.1) is 0 Å². The minimum Gasteiger partial charge on any atom is -0.316 e. The van der Waals surface area contributed by atoms with Crippen LogP contribution in [0.1, 0.15) is 69.4 Å². The zero-order valence-corrected chi connectivity index (χ0v) is 13.8. The van der Waals surface area contributed by atoms with Gasteiger partial charge in [-0.25, -0.2) is 0 Å². The van der Waals surface area contributed by atoms with Crippen LogP contribution in [0.15, 0.2) is 24.3 Å². The van der Waals surface area contributed by atoms with E-state index < -0.39 is 0 Å². The number of rotatable bonds is 3. The molecule has 1 aromatic rings. The van der Waals surface area contributed by atoms with Crippen molar-refractivity contribution >= 4 is 0 Å². The summed E-state index contributed by atoms with van der Waals surface area (Å²) in [6, 6.07) is 9.30. The van der Waals surface area contributed by atoms with Crippen LogP contribution in [-0.2, 0) is 6.42 Å². The predicted molar refractivity (Wildman–Crippen MR) is 90.7 cm³/mol. The molecular weight excluding hydrogens is 254 g/mol. The van der Waals surface area contributed by atoms with Gasteiger partial charge in [-0.2, -0.15) is 0 Å². The van der Waals surface area contributed by atoms with Gasteiger partial charge in [0.25, 0.3) is 0 Å². The Morgan fingerprint density at radius 3 is 2.76 bits per heavy atom. The lowest BCUT2D eigenvalue weighted by molar-refractivity contribution is 0.218. The van der Waals surface area contributed by atoms with Crippen molar-refractivity contribution in [2.75, 3.05) is 13.1 Å². The Morgan fingerprint density at radius 1 is 1.14 bits per heavy atom. The van der Waals surface area contributed by atoms with E-state index in [0.717, 1.165) is 11.8 Å². The molecule has 0 amide bonds. The van der Waals surface area contributed by atoms with Crippen molar-refractivity contribution in [2.24, 2.45) is 11.3 Å². The standard InChI is InChI=1S/C20H31N/c1-20(2)11-5-9-18(14-20)19-10-4-3-8-17(19)13-16-7-6-12-21-15-16/h3-4,8,10,16,18,21H,5-7,9,11-15H2,1-2H3. The Morgan fingerprint density at radius 2 is 2.00 bits per heavy atom. The van der Waals surface area contributed by atoms with Crippen LogP contribution in [0.5, 0.6) is 0 Å². The Bertz CT molecular complexity index is 457. The molecule has 1 heterocycles. The second kappa shape index (κ2) is 6.52. The maximum absolute atomic E-state index is 3.57. The highest BCUT2D eigenvalue weighted by molar-refractivity contribution is 5.31. The molecule has 1 N–H and O–H groups in total. The molecule has 0 spiro atoms. The molecular formula is C20H31N. The monoisotopic (exact) mass is 285 g/mol. The van der Waals surface area contributed by atoms with Crippen LogP contribution in [0.3, 0.4) is 0 Å². The minimum absolute atomic E-state index is 0.530. The molecule has 1 aliphatic heterocycles. The molecule has 21 heavy (non-hydrogen) atoms. The topological polar surface area (TPSA) is 12.0 Å². The average molecular weight is 285 g/mol. The van der Waals surface area contributed by atoms with Crippen LogP contribution in [0.25, 0.3) is 0 Å². The van der Waals surface area contributed by atoms with E-state index in [2.05, 4.69) is 43.4 Å². The van der Waals surface area contributed by atoms with Gasteiger partial charge < -0.3 is 5.32 Å². The quantitative estimate of drug-likeness (QED) is 0.832. The van der Waals surface area contributed by atoms with Gasteiger partial charge in [0.1, 0.15) is 0 Å². The summed E-state index contributed by atoms with van der Waals surface area (Å²) in [6.07, 6.45) is 9.59. The van der Waals surface area contributed by atoms with Gasteiger partial charge in [0.15, 0.2) is 0 Å². The fourth-order valence-corrected chi connectivity index (χ4v) is 4.49. The number of benzene rings is 1. The number of piperidine rings is 1. The van der Waals surface area contributed by atoms with Gasteiger partial charge in [-0.3, -0.25) is 0 Å². The molecule has 1 heteroatoms. The molecule has 2 aliphatic rings. The van der Waals surface area contributed by atoms with E-state index in [9.17, 15) is 0 Å². The van der Waals surface area contributed by atoms with Crippen LogP contribution in [0.2, 0.25) is 0 Å². The van der Waals surface area contributed by atoms with Gasteiger partial charge in [0.2, 0.25) is 0 Å². The maximum atomic E-state index is 3.57. The summed E-state index contributed by atoms with van der Waals surface area (Å²) in [5, 5.41) is 3.57. The molecule has 0 aromatic heterocycles. The first-order chi connectivity index (χ1) is 10.1. The van der Waals surface area contributed by atoms with E-state index in [0.29, 0.717) is 5.41 Å². The maximum Gasteiger partial charge on any atom is -0.00173 e. The fraction of sp³-hybridized carbons (Fsp3) is 0.700. The van der Waals surface area contributed by atoms with Crippen LogP contribution >= 0.6 is 0 Å². The first-order valence-corrected chi connectivity index (χ1v) is 8.93. The van der Waals surface area contributed by atoms with Gasteiger partial charge in [0, 0.05) is 0 Å². The first-order valence-electron chi connectivity index (χ1n) is 8.93. The molecule has 0 bridgehead atoms. The molecule has 1 aromatic carbocycles. The molecule has 116 valence electrons. The average Bonchev–Trinajstić information content (AvgIpc) is 2.48. The SMILES string of the molecule is CC1(C)CCCC(c2ccccc2CC2CCCNC2)C1. The van der Waals surface area contributed by atoms with E-state index >= 15 is 0 Å². The van der Waals surface area contributed by atoms with Gasteiger partial charge in [-0.1, -0.05) is 44.5 Å². The normalized spacial score (nSPS) is 29.2. The number of hydrogen-bond acceptors (Lipinski definition) is 1. The van der Waals surface area contributed by atoms with Crippen molar-refractivity contribution in [3.63, 3.8) is 0 Å². The smallest absolute Gasteiger partial charge is 0.00173 e. The summed E-state index contributed by atoms with van der Waals surface area (Å²) in [5.41, 5.74) is 3.83. The summed E-state index contributed by atoms with van der Waals surface area (Å²) >= 11 is 0. The highest BCUT2D eigenvalue weighted by Gasteiger charge is 2.30. The summed E-state index contributed by atoms with van der Waals surface area (Å²) in [5.74, 6) is 1.64. The molecule has 1 aliphatic carbocycles. The third kappa shape index (κ3) is 3.88. The number of hydrogen-bond donors (Lipinski definition) is 1. The van der Waals surface area contributed by atoms with E-state index in [1.165, 1.54) is 58.0 Å². The van der Waals surface area contributed by atoms with E-state index in [-0.39, 0.29) is 0 Å². The van der Waals surface area contributed by atoms with Crippen molar-refractivity contribution in [3.05, 3.63) is 35.4 Å². The Balaban J connectivity index is 1.75. The van der Waals surface area contributed by atoms with Crippen LogP contribution in [0, 0.1) is 11.3 Å². The first kappa shape index (κ1) is 15.1. The Hall–Kier alpha value is -0.820. The summed E-state index contributed by atoms with van der Waals surface area (Å²) < 4.78 is 0. The van der Waals surface area contributed by atoms with Crippen LogP contribution < -0.4 is 5.32 Å². The molecule has 1 saturated heterocycles. The van der Waals surface area contributed by atoms with Gasteiger partial charge >= 0.3 is 0 Å². The Kier molecular flexibility index (Phi) is 4.69. The molecule has 2 atom stereocenters. The van der Waals surface area contributed by atoms with Crippen LogP contribution in [-0.4, -0.2) is 13.1 Å². The lowest BCUT2D eigenvalue weighted by Crippen LogP contribution is -2.31. The van der Waals surface area contributed by atoms with Gasteiger partial charge in [0.05, 0.1) is 0 Å². The largest absolute Gasteiger partial charge is 0.316 e. The van der Waals surface area contributed by atoms with Crippen molar-refractivity contribution in [1.82, 2.24) is 5.32 Å². The zero-order chi connectivity index (χ0) is 14.7. The minimum atomic E-state index is 0.530. The lowest BCUT2D eigenvalue weighted by atomic mass is 9.69. The van der Waals surface area contributed by atoms with E-state index in [1.54, 1.807) is 11.1 Å². The third-order valence-corrected chi connectivity index (χ3v) is 5.61. The van der Waals surface area contributed by atoms with E-state index in [1.807, 2.05) is 0 Å². The van der Waals surface area contributed by atoms with Crippen molar-refractivity contribution < 1.29 is 0 Å². The molecule has 1 nitrogen and oxygen atoms in total. The van der Waals surface area contributed by atoms with Crippen molar-refractivity contribution in [2.45, 2.75) is 64.7 Å².